The molecule has 0 aliphatic heterocycles. The predicted molar refractivity (Wildman–Crippen MR) is 73.5 cm³/mol. The van der Waals surface area contributed by atoms with Crippen LogP contribution in [0.5, 0.6) is 0 Å². The van der Waals surface area contributed by atoms with Crippen molar-refractivity contribution in [3.8, 4) is 0 Å². The molecular weight excluding hydrogens is 268 g/mol. The van der Waals surface area contributed by atoms with E-state index in [9.17, 15) is 10.1 Å². The maximum atomic E-state index is 10.9. The highest BCUT2D eigenvalue weighted by Crippen LogP contribution is 2.28. The van der Waals surface area contributed by atoms with Crippen LogP contribution >= 0.6 is 11.6 Å². The summed E-state index contributed by atoms with van der Waals surface area (Å²) in [5.41, 5.74) is 3.21. The fraction of sp³-hybridized carbons (Fsp3) is 0.250. The lowest BCUT2D eigenvalue weighted by Crippen LogP contribution is -2.04. The standard InChI is InChI=1S/C12H13ClN4O2/c1-7-10(8(2)16-15-7)6-14-11-5-9(13)3-4-12(11)17(18)19/h3-5,14H,6H2,1-2H3,(H,15,16). The Kier molecular flexibility index (Phi) is 3.71. The quantitative estimate of drug-likeness (QED) is 0.665. The molecule has 2 rings (SSSR count). The van der Waals surface area contributed by atoms with Crippen LogP contribution in [0.1, 0.15) is 17.0 Å². The number of hydrogen-bond donors (Lipinski definition) is 2. The Morgan fingerprint density at radius 2 is 2.21 bits per heavy atom. The Labute approximate surface area is 114 Å². The zero-order valence-electron chi connectivity index (χ0n) is 10.5. The first-order valence-corrected chi connectivity index (χ1v) is 6.05. The third-order valence-corrected chi connectivity index (χ3v) is 3.13. The number of H-pyrrole nitrogens is 1. The summed E-state index contributed by atoms with van der Waals surface area (Å²) in [4.78, 5) is 10.5. The summed E-state index contributed by atoms with van der Waals surface area (Å²) in [5.74, 6) is 0. The fourth-order valence-corrected chi connectivity index (χ4v) is 2.00. The van der Waals surface area contributed by atoms with Crippen molar-refractivity contribution in [1.82, 2.24) is 10.2 Å². The summed E-state index contributed by atoms with van der Waals surface area (Å²) in [6.45, 7) is 4.24. The van der Waals surface area contributed by atoms with Gasteiger partial charge in [-0.2, -0.15) is 5.10 Å². The predicted octanol–water partition coefficient (Wildman–Crippen LogP) is 3.20. The number of benzene rings is 1. The number of nitro groups is 1. The molecule has 0 atom stereocenters. The van der Waals surface area contributed by atoms with Gasteiger partial charge >= 0.3 is 0 Å². The van der Waals surface area contributed by atoms with Crippen molar-refractivity contribution in [2.45, 2.75) is 20.4 Å². The second-order valence-corrected chi connectivity index (χ2v) is 4.62. The maximum Gasteiger partial charge on any atom is 0.292 e. The number of anilines is 1. The second-order valence-electron chi connectivity index (χ2n) is 4.18. The topological polar surface area (TPSA) is 83.8 Å². The van der Waals surface area contributed by atoms with Gasteiger partial charge in [-0.3, -0.25) is 15.2 Å². The highest BCUT2D eigenvalue weighted by Gasteiger charge is 2.14. The van der Waals surface area contributed by atoms with Crippen LogP contribution in [0.25, 0.3) is 0 Å². The van der Waals surface area contributed by atoms with E-state index in [1.807, 2.05) is 13.8 Å². The van der Waals surface area contributed by atoms with Gasteiger partial charge in [-0.1, -0.05) is 11.6 Å². The van der Waals surface area contributed by atoms with Crippen LogP contribution in [0.3, 0.4) is 0 Å². The van der Waals surface area contributed by atoms with E-state index in [0.717, 1.165) is 17.0 Å². The van der Waals surface area contributed by atoms with Crippen LogP contribution < -0.4 is 5.32 Å². The summed E-state index contributed by atoms with van der Waals surface area (Å²) in [7, 11) is 0. The van der Waals surface area contributed by atoms with Crippen LogP contribution in [-0.4, -0.2) is 15.1 Å². The maximum absolute atomic E-state index is 10.9. The molecule has 0 spiro atoms. The first-order chi connectivity index (χ1) is 8.99. The van der Waals surface area contributed by atoms with E-state index in [4.69, 9.17) is 11.6 Å². The Balaban J connectivity index is 2.24. The number of nitrogens with one attached hydrogen (secondary N) is 2. The van der Waals surface area contributed by atoms with E-state index in [-0.39, 0.29) is 5.69 Å². The number of aromatic amines is 1. The highest BCUT2D eigenvalue weighted by molar-refractivity contribution is 6.31. The minimum absolute atomic E-state index is 0.00296. The summed E-state index contributed by atoms with van der Waals surface area (Å²) in [6, 6.07) is 4.43. The number of aryl methyl sites for hydroxylation is 2. The first-order valence-electron chi connectivity index (χ1n) is 5.67. The number of hydrogen-bond acceptors (Lipinski definition) is 4. The van der Waals surface area contributed by atoms with Crippen molar-refractivity contribution in [1.29, 1.82) is 0 Å². The van der Waals surface area contributed by atoms with Gasteiger partial charge in [-0.15, -0.1) is 0 Å². The number of nitro benzene ring substituents is 1. The number of aromatic nitrogens is 2. The van der Waals surface area contributed by atoms with Gasteiger partial charge in [0.15, 0.2) is 0 Å². The van der Waals surface area contributed by atoms with Gasteiger partial charge in [0.25, 0.3) is 5.69 Å². The van der Waals surface area contributed by atoms with Gasteiger partial charge in [-0.25, -0.2) is 0 Å². The molecule has 2 aromatic rings. The molecule has 0 amide bonds. The van der Waals surface area contributed by atoms with E-state index in [0.29, 0.717) is 17.3 Å². The zero-order chi connectivity index (χ0) is 14.0. The molecular formula is C12H13ClN4O2. The summed E-state index contributed by atoms with van der Waals surface area (Å²) in [6.07, 6.45) is 0. The second kappa shape index (κ2) is 5.27. The fourth-order valence-electron chi connectivity index (χ4n) is 1.83. The van der Waals surface area contributed by atoms with E-state index in [2.05, 4.69) is 15.5 Å². The molecule has 0 fully saturated rings. The zero-order valence-corrected chi connectivity index (χ0v) is 11.3. The lowest BCUT2D eigenvalue weighted by Gasteiger charge is -2.07. The van der Waals surface area contributed by atoms with Crippen LogP contribution in [0.15, 0.2) is 18.2 Å². The van der Waals surface area contributed by atoms with Gasteiger partial charge in [0.1, 0.15) is 5.69 Å². The Morgan fingerprint density at radius 1 is 1.47 bits per heavy atom. The van der Waals surface area contributed by atoms with Gasteiger partial charge in [0.05, 0.1) is 10.6 Å². The molecule has 0 aliphatic rings. The molecule has 0 radical (unpaired) electrons. The molecule has 100 valence electrons. The molecule has 0 saturated heterocycles. The van der Waals surface area contributed by atoms with Crippen LogP contribution in [-0.2, 0) is 6.54 Å². The monoisotopic (exact) mass is 280 g/mol. The lowest BCUT2D eigenvalue weighted by atomic mass is 10.2. The van der Waals surface area contributed by atoms with E-state index < -0.39 is 4.92 Å². The molecule has 1 aromatic heterocycles. The number of nitrogens with zero attached hydrogens (tertiary/aromatic N) is 2. The average Bonchev–Trinajstić information content (AvgIpc) is 2.66. The van der Waals surface area contributed by atoms with Gasteiger partial charge in [0.2, 0.25) is 0 Å². The highest BCUT2D eigenvalue weighted by atomic mass is 35.5. The Hall–Kier alpha value is -2.08. The third kappa shape index (κ3) is 2.85. The molecule has 0 unspecified atom stereocenters. The molecule has 2 N–H and O–H groups in total. The molecule has 7 heteroatoms. The van der Waals surface area contributed by atoms with Crippen molar-refractivity contribution >= 4 is 23.0 Å². The first kappa shape index (κ1) is 13.4. The molecule has 0 saturated carbocycles. The summed E-state index contributed by atoms with van der Waals surface area (Å²) in [5, 5.41) is 21.4. The largest absolute Gasteiger partial charge is 0.375 e. The van der Waals surface area contributed by atoms with Gasteiger partial charge < -0.3 is 5.32 Å². The molecule has 1 heterocycles. The van der Waals surface area contributed by atoms with Crippen molar-refractivity contribution in [2.24, 2.45) is 0 Å². The molecule has 0 bridgehead atoms. The average molecular weight is 281 g/mol. The number of halogens is 1. The molecule has 0 aliphatic carbocycles. The van der Waals surface area contributed by atoms with E-state index in [1.165, 1.54) is 12.1 Å². The Morgan fingerprint density at radius 3 is 2.79 bits per heavy atom. The summed E-state index contributed by atoms with van der Waals surface area (Å²) >= 11 is 5.86. The lowest BCUT2D eigenvalue weighted by molar-refractivity contribution is -0.384. The van der Waals surface area contributed by atoms with Crippen LogP contribution in [0, 0.1) is 24.0 Å². The number of rotatable bonds is 4. The van der Waals surface area contributed by atoms with Crippen molar-refractivity contribution < 1.29 is 4.92 Å². The van der Waals surface area contributed by atoms with Gasteiger partial charge in [0, 0.05) is 28.9 Å². The minimum atomic E-state index is -0.437. The SMILES string of the molecule is Cc1n[nH]c(C)c1CNc1cc(Cl)ccc1[N+](=O)[O-]. The van der Waals surface area contributed by atoms with Crippen molar-refractivity contribution in [3.05, 3.63) is 50.3 Å². The molecule has 6 nitrogen and oxygen atoms in total. The Bertz CT molecular complexity index is 605. The molecule has 19 heavy (non-hydrogen) atoms. The third-order valence-electron chi connectivity index (χ3n) is 2.89. The van der Waals surface area contributed by atoms with Gasteiger partial charge in [-0.05, 0) is 26.0 Å². The smallest absolute Gasteiger partial charge is 0.292 e. The van der Waals surface area contributed by atoms with Crippen LogP contribution in [0.2, 0.25) is 5.02 Å². The molecule has 1 aromatic carbocycles. The van der Waals surface area contributed by atoms with Crippen LogP contribution in [0.4, 0.5) is 11.4 Å². The van der Waals surface area contributed by atoms with E-state index in [1.54, 1.807) is 6.07 Å². The normalized spacial score (nSPS) is 10.5. The van der Waals surface area contributed by atoms with Crippen molar-refractivity contribution in [3.63, 3.8) is 0 Å². The summed E-state index contributed by atoms with van der Waals surface area (Å²) < 4.78 is 0. The van der Waals surface area contributed by atoms with E-state index >= 15 is 0 Å². The minimum Gasteiger partial charge on any atom is -0.375 e. The van der Waals surface area contributed by atoms with Crippen molar-refractivity contribution in [2.75, 3.05) is 5.32 Å².